The van der Waals surface area contributed by atoms with Gasteiger partial charge in [-0.3, -0.25) is 4.79 Å². The summed E-state index contributed by atoms with van der Waals surface area (Å²) in [5.41, 5.74) is 0. The van der Waals surface area contributed by atoms with Crippen molar-refractivity contribution in [3.63, 3.8) is 0 Å². The molecule has 13 heavy (non-hydrogen) atoms. The van der Waals surface area contributed by atoms with Crippen LogP contribution in [0.4, 0.5) is 0 Å². The standard InChI is InChI=1S/C8H16O3S2/c1-10-8(11-2)6(9)5-7(12-3)13-4/h7-8H,5H2,1-4H3. The predicted molar refractivity (Wildman–Crippen MR) is 58.2 cm³/mol. The average Bonchev–Trinajstić information content (AvgIpc) is 2.16. The van der Waals surface area contributed by atoms with E-state index < -0.39 is 6.29 Å². The van der Waals surface area contributed by atoms with E-state index in [2.05, 4.69) is 0 Å². The van der Waals surface area contributed by atoms with E-state index in [-0.39, 0.29) is 5.78 Å². The van der Waals surface area contributed by atoms with Gasteiger partial charge in [0.05, 0.1) is 4.58 Å². The number of carbonyl (C=O) groups excluding carboxylic acids is 1. The van der Waals surface area contributed by atoms with E-state index in [9.17, 15) is 4.79 Å². The molecule has 0 bridgehead atoms. The summed E-state index contributed by atoms with van der Waals surface area (Å²) in [7, 11) is 2.94. The van der Waals surface area contributed by atoms with Gasteiger partial charge in [0, 0.05) is 20.6 Å². The molecule has 0 aliphatic carbocycles. The molecule has 0 aromatic heterocycles. The second kappa shape index (κ2) is 7.67. The fourth-order valence-corrected chi connectivity index (χ4v) is 2.31. The third-order valence-electron chi connectivity index (χ3n) is 1.58. The van der Waals surface area contributed by atoms with E-state index in [1.807, 2.05) is 12.5 Å². The van der Waals surface area contributed by atoms with Gasteiger partial charge in [-0.1, -0.05) is 0 Å². The number of ketones is 1. The molecule has 78 valence electrons. The number of rotatable bonds is 7. The Labute approximate surface area is 87.9 Å². The number of hydrogen-bond donors (Lipinski definition) is 0. The molecule has 0 aliphatic heterocycles. The zero-order valence-corrected chi connectivity index (χ0v) is 10.0. The number of hydrogen-bond acceptors (Lipinski definition) is 5. The van der Waals surface area contributed by atoms with E-state index in [0.717, 1.165) is 0 Å². The summed E-state index contributed by atoms with van der Waals surface area (Å²) >= 11 is 3.34. The third kappa shape index (κ3) is 4.90. The molecule has 0 saturated carbocycles. The van der Waals surface area contributed by atoms with Crippen LogP contribution in [0.5, 0.6) is 0 Å². The first-order valence-electron chi connectivity index (χ1n) is 3.83. The quantitative estimate of drug-likeness (QED) is 0.614. The predicted octanol–water partition coefficient (Wildman–Crippen LogP) is 1.62. The average molecular weight is 224 g/mol. The summed E-state index contributed by atoms with van der Waals surface area (Å²) in [6.07, 6.45) is 3.75. The fourth-order valence-electron chi connectivity index (χ4n) is 0.882. The Hall–Kier alpha value is 0.290. The maximum Gasteiger partial charge on any atom is 0.217 e. The first kappa shape index (κ1) is 13.3. The number of ether oxygens (including phenoxy) is 2. The van der Waals surface area contributed by atoms with Crippen LogP contribution in [0.3, 0.4) is 0 Å². The SMILES string of the molecule is COC(OC)C(=O)CC(SC)SC. The van der Waals surface area contributed by atoms with Crippen LogP contribution in [-0.2, 0) is 14.3 Å². The van der Waals surface area contributed by atoms with Crippen molar-refractivity contribution in [3.05, 3.63) is 0 Å². The zero-order chi connectivity index (χ0) is 10.3. The van der Waals surface area contributed by atoms with E-state index >= 15 is 0 Å². The van der Waals surface area contributed by atoms with Crippen LogP contribution in [-0.4, -0.2) is 43.4 Å². The summed E-state index contributed by atoms with van der Waals surface area (Å²) in [5.74, 6) is -0.00120. The van der Waals surface area contributed by atoms with Crippen molar-refractivity contribution in [2.24, 2.45) is 0 Å². The van der Waals surface area contributed by atoms with Crippen LogP contribution in [0.1, 0.15) is 6.42 Å². The van der Waals surface area contributed by atoms with Crippen molar-refractivity contribution >= 4 is 29.3 Å². The van der Waals surface area contributed by atoms with Crippen LogP contribution in [0, 0.1) is 0 Å². The second-order valence-corrected chi connectivity index (χ2v) is 4.75. The molecule has 0 rings (SSSR count). The Morgan fingerprint density at radius 3 is 2.00 bits per heavy atom. The van der Waals surface area contributed by atoms with Crippen molar-refractivity contribution in [1.82, 2.24) is 0 Å². The molecule has 3 nitrogen and oxygen atoms in total. The normalized spacial score (nSPS) is 11.2. The van der Waals surface area contributed by atoms with Crippen molar-refractivity contribution in [2.75, 3.05) is 26.7 Å². The molecule has 0 heterocycles. The highest BCUT2D eigenvalue weighted by molar-refractivity contribution is 8.16. The van der Waals surface area contributed by atoms with Gasteiger partial charge < -0.3 is 9.47 Å². The van der Waals surface area contributed by atoms with Gasteiger partial charge in [0.2, 0.25) is 6.29 Å². The summed E-state index contributed by atoms with van der Waals surface area (Å²) < 4.78 is 10.0. The van der Waals surface area contributed by atoms with E-state index in [4.69, 9.17) is 9.47 Å². The van der Waals surface area contributed by atoms with Gasteiger partial charge in [-0.05, 0) is 12.5 Å². The van der Waals surface area contributed by atoms with Gasteiger partial charge in [0.15, 0.2) is 5.78 Å². The summed E-state index contributed by atoms with van der Waals surface area (Å²) in [4.78, 5) is 11.5. The van der Waals surface area contributed by atoms with Crippen molar-refractivity contribution in [1.29, 1.82) is 0 Å². The first-order chi connectivity index (χ1) is 6.19. The molecule has 0 fully saturated rings. The Morgan fingerprint density at radius 2 is 1.69 bits per heavy atom. The Bertz CT molecular complexity index is 144. The van der Waals surface area contributed by atoms with Crippen LogP contribution in [0.25, 0.3) is 0 Å². The molecule has 0 unspecified atom stereocenters. The summed E-state index contributed by atoms with van der Waals surface area (Å²) in [6.45, 7) is 0. The number of thioether (sulfide) groups is 2. The molecule has 0 spiro atoms. The largest absolute Gasteiger partial charge is 0.349 e. The molecule has 0 aromatic carbocycles. The minimum atomic E-state index is -0.707. The first-order valence-corrected chi connectivity index (χ1v) is 6.41. The molecule has 0 N–H and O–H groups in total. The smallest absolute Gasteiger partial charge is 0.217 e. The molecule has 0 atom stereocenters. The molecule has 0 amide bonds. The maximum atomic E-state index is 11.5. The van der Waals surface area contributed by atoms with Crippen LogP contribution in [0.15, 0.2) is 0 Å². The summed E-state index contributed by atoms with van der Waals surface area (Å²) in [6, 6.07) is 0. The zero-order valence-electron chi connectivity index (χ0n) is 8.40. The Morgan fingerprint density at radius 1 is 1.23 bits per heavy atom. The highest BCUT2D eigenvalue weighted by atomic mass is 32.2. The molecule has 0 saturated heterocycles. The topological polar surface area (TPSA) is 35.5 Å². The van der Waals surface area contributed by atoms with Gasteiger partial charge in [-0.25, -0.2) is 0 Å². The van der Waals surface area contributed by atoms with Crippen molar-refractivity contribution in [2.45, 2.75) is 17.3 Å². The minimum Gasteiger partial charge on any atom is -0.349 e. The number of methoxy groups -OCH3 is 2. The number of carbonyl (C=O) groups is 1. The van der Waals surface area contributed by atoms with Crippen molar-refractivity contribution < 1.29 is 14.3 Å². The Kier molecular flexibility index (Phi) is 7.84. The highest BCUT2D eigenvalue weighted by Crippen LogP contribution is 2.23. The lowest BCUT2D eigenvalue weighted by Gasteiger charge is -2.15. The van der Waals surface area contributed by atoms with Gasteiger partial charge in [0.1, 0.15) is 0 Å². The monoisotopic (exact) mass is 224 g/mol. The lowest BCUT2D eigenvalue weighted by atomic mass is 10.3. The lowest BCUT2D eigenvalue weighted by molar-refractivity contribution is -0.156. The van der Waals surface area contributed by atoms with E-state index in [1.165, 1.54) is 14.2 Å². The molecule has 0 aliphatic rings. The highest BCUT2D eigenvalue weighted by Gasteiger charge is 2.20. The second-order valence-electron chi connectivity index (χ2n) is 2.37. The van der Waals surface area contributed by atoms with Crippen molar-refractivity contribution in [3.8, 4) is 0 Å². The van der Waals surface area contributed by atoms with Crippen LogP contribution < -0.4 is 0 Å². The Balaban J connectivity index is 3.95. The number of Topliss-reactive ketones (excluding diaryl/α,β-unsaturated/α-hetero) is 1. The van der Waals surface area contributed by atoms with E-state index in [1.54, 1.807) is 23.5 Å². The van der Waals surface area contributed by atoms with Gasteiger partial charge >= 0.3 is 0 Å². The van der Waals surface area contributed by atoms with Crippen LogP contribution in [0.2, 0.25) is 0 Å². The molecule has 5 heteroatoms. The molecular weight excluding hydrogens is 208 g/mol. The maximum absolute atomic E-state index is 11.5. The summed E-state index contributed by atoms with van der Waals surface area (Å²) in [5, 5.41) is 0. The molecular formula is C8H16O3S2. The minimum absolute atomic E-state index is 0.00120. The third-order valence-corrected chi connectivity index (χ3v) is 4.12. The fraction of sp³-hybridized carbons (Fsp3) is 0.875. The molecule has 0 radical (unpaired) electrons. The van der Waals surface area contributed by atoms with Gasteiger partial charge in [-0.2, -0.15) is 23.5 Å². The lowest BCUT2D eigenvalue weighted by Crippen LogP contribution is -2.26. The van der Waals surface area contributed by atoms with Crippen LogP contribution >= 0.6 is 23.5 Å². The molecule has 0 aromatic rings. The van der Waals surface area contributed by atoms with E-state index in [0.29, 0.717) is 11.0 Å². The van der Waals surface area contributed by atoms with Gasteiger partial charge in [-0.15, -0.1) is 0 Å². The van der Waals surface area contributed by atoms with Gasteiger partial charge in [0.25, 0.3) is 0 Å².